The molecular weight excluding hydrogens is 413 g/mol. The van der Waals surface area contributed by atoms with Crippen molar-refractivity contribution in [3.05, 3.63) is 88.7 Å². The second-order valence-electron chi connectivity index (χ2n) is 7.36. The second-order valence-corrected chi connectivity index (χ2v) is 7.36. The van der Waals surface area contributed by atoms with Gasteiger partial charge in [-0.2, -0.15) is 0 Å². The molecule has 0 aliphatic rings. The molecule has 2 aromatic carbocycles. The van der Waals surface area contributed by atoms with Crippen molar-refractivity contribution in [1.82, 2.24) is 24.4 Å². The molecule has 32 heavy (non-hydrogen) atoms. The lowest BCUT2D eigenvalue weighted by molar-refractivity contribution is -0.121. The molecule has 160 valence electrons. The molecule has 0 spiro atoms. The third-order valence-corrected chi connectivity index (χ3v) is 5.25. The van der Waals surface area contributed by atoms with Crippen LogP contribution in [0.25, 0.3) is 27.8 Å². The SMILES string of the molecule is Cc1nccn1-c1ccc(CNC(=O)Cn2cnc3c(oc4ccccc43)c2=O)cc1F. The minimum absolute atomic E-state index is 0.106. The summed E-state index contributed by atoms with van der Waals surface area (Å²) in [6.45, 7) is 1.68. The predicted octanol–water partition coefficient (Wildman–Crippen LogP) is 3.09. The van der Waals surface area contributed by atoms with Crippen molar-refractivity contribution >= 4 is 28.0 Å². The lowest BCUT2D eigenvalue weighted by Crippen LogP contribution is -2.32. The Labute approximate surface area is 180 Å². The van der Waals surface area contributed by atoms with E-state index in [2.05, 4.69) is 15.3 Å². The molecule has 8 nitrogen and oxygen atoms in total. The van der Waals surface area contributed by atoms with E-state index in [-0.39, 0.29) is 18.7 Å². The molecule has 3 aromatic heterocycles. The van der Waals surface area contributed by atoms with Gasteiger partial charge in [-0.05, 0) is 36.8 Å². The summed E-state index contributed by atoms with van der Waals surface area (Å²) in [5.74, 6) is -0.154. The largest absolute Gasteiger partial charge is 0.448 e. The summed E-state index contributed by atoms with van der Waals surface area (Å²) >= 11 is 0. The van der Waals surface area contributed by atoms with E-state index >= 15 is 0 Å². The number of fused-ring (bicyclic) bond motifs is 3. The van der Waals surface area contributed by atoms with E-state index in [0.29, 0.717) is 28.2 Å². The third-order valence-electron chi connectivity index (χ3n) is 5.25. The molecule has 1 N–H and O–H groups in total. The van der Waals surface area contributed by atoms with Gasteiger partial charge in [0.05, 0.1) is 12.0 Å². The average Bonchev–Trinajstić information content (AvgIpc) is 3.38. The summed E-state index contributed by atoms with van der Waals surface area (Å²) in [7, 11) is 0. The first-order valence-corrected chi connectivity index (χ1v) is 9.93. The molecule has 0 saturated heterocycles. The van der Waals surface area contributed by atoms with Crippen LogP contribution < -0.4 is 10.9 Å². The molecule has 3 heterocycles. The number of halogens is 1. The standard InChI is InChI=1S/C23H18FN5O3/c1-14-25-8-9-29(14)18-7-6-15(10-17(18)24)11-26-20(30)12-28-13-27-21-16-4-2-3-5-19(16)32-22(21)23(28)31/h2-10,13H,11-12H2,1H3,(H,26,30). The number of amides is 1. The topological polar surface area (TPSA) is 95.0 Å². The van der Waals surface area contributed by atoms with Gasteiger partial charge in [-0.25, -0.2) is 14.4 Å². The van der Waals surface area contributed by atoms with Crippen LogP contribution in [0.4, 0.5) is 4.39 Å². The zero-order valence-corrected chi connectivity index (χ0v) is 17.1. The lowest BCUT2D eigenvalue weighted by atomic mass is 10.2. The minimum Gasteiger partial charge on any atom is -0.448 e. The Morgan fingerprint density at radius 3 is 2.81 bits per heavy atom. The number of imidazole rings is 1. The zero-order valence-electron chi connectivity index (χ0n) is 17.1. The number of hydrogen-bond acceptors (Lipinski definition) is 5. The predicted molar refractivity (Wildman–Crippen MR) is 116 cm³/mol. The number of carbonyl (C=O) groups is 1. The van der Waals surface area contributed by atoms with Crippen molar-refractivity contribution in [2.45, 2.75) is 20.0 Å². The second kappa shape index (κ2) is 7.77. The van der Waals surface area contributed by atoms with Crippen molar-refractivity contribution < 1.29 is 13.6 Å². The molecule has 9 heteroatoms. The van der Waals surface area contributed by atoms with E-state index < -0.39 is 17.3 Å². The first kappa shape index (κ1) is 19.7. The van der Waals surface area contributed by atoms with Gasteiger partial charge < -0.3 is 14.3 Å². The number of nitrogens with zero attached hydrogens (tertiary/aromatic N) is 4. The van der Waals surface area contributed by atoms with Crippen LogP contribution in [0, 0.1) is 12.7 Å². The normalized spacial score (nSPS) is 11.3. The van der Waals surface area contributed by atoms with Gasteiger partial charge in [0.2, 0.25) is 11.5 Å². The van der Waals surface area contributed by atoms with Crippen LogP contribution in [0.2, 0.25) is 0 Å². The highest BCUT2D eigenvalue weighted by atomic mass is 19.1. The van der Waals surface area contributed by atoms with Crippen molar-refractivity contribution in [3.63, 3.8) is 0 Å². The summed E-state index contributed by atoms with van der Waals surface area (Å²) in [4.78, 5) is 33.5. The summed E-state index contributed by atoms with van der Waals surface area (Å²) < 4.78 is 23.0. The fourth-order valence-electron chi connectivity index (χ4n) is 3.63. The van der Waals surface area contributed by atoms with Crippen molar-refractivity contribution in [2.24, 2.45) is 0 Å². The Kier molecular flexibility index (Phi) is 4.78. The molecule has 0 bridgehead atoms. The molecule has 0 atom stereocenters. The lowest BCUT2D eigenvalue weighted by Gasteiger charge is -2.10. The van der Waals surface area contributed by atoms with Gasteiger partial charge in [-0.1, -0.05) is 18.2 Å². The monoisotopic (exact) mass is 431 g/mol. The quantitative estimate of drug-likeness (QED) is 0.462. The molecule has 5 rings (SSSR count). The van der Waals surface area contributed by atoms with E-state index in [9.17, 15) is 14.0 Å². The van der Waals surface area contributed by atoms with Crippen LogP contribution >= 0.6 is 0 Å². The summed E-state index contributed by atoms with van der Waals surface area (Å²) in [6.07, 6.45) is 4.61. The smallest absolute Gasteiger partial charge is 0.297 e. The number of aryl methyl sites for hydroxylation is 1. The molecule has 0 aliphatic heterocycles. The number of nitrogens with one attached hydrogen (secondary N) is 1. The maximum absolute atomic E-state index is 14.5. The Morgan fingerprint density at radius 1 is 1.19 bits per heavy atom. The molecule has 0 saturated carbocycles. The van der Waals surface area contributed by atoms with Crippen LogP contribution in [0.15, 0.2) is 70.4 Å². The Morgan fingerprint density at radius 2 is 2.03 bits per heavy atom. The number of para-hydroxylation sites is 1. The van der Waals surface area contributed by atoms with Gasteiger partial charge in [-0.3, -0.25) is 14.2 Å². The highest BCUT2D eigenvalue weighted by Crippen LogP contribution is 2.24. The molecule has 0 fully saturated rings. The third kappa shape index (κ3) is 3.43. The molecule has 0 radical (unpaired) electrons. The number of aromatic nitrogens is 4. The van der Waals surface area contributed by atoms with Gasteiger partial charge in [0.25, 0.3) is 5.56 Å². The van der Waals surface area contributed by atoms with E-state index in [1.54, 1.807) is 42.1 Å². The van der Waals surface area contributed by atoms with Gasteiger partial charge in [-0.15, -0.1) is 0 Å². The van der Waals surface area contributed by atoms with Gasteiger partial charge >= 0.3 is 0 Å². The number of benzene rings is 2. The fourth-order valence-corrected chi connectivity index (χ4v) is 3.63. The highest BCUT2D eigenvalue weighted by molar-refractivity contribution is 6.01. The van der Waals surface area contributed by atoms with Gasteiger partial charge in [0.15, 0.2) is 0 Å². The molecule has 0 unspecified atom stereocenters. The summed E-state index contributed by atoms with van der Waals surface area (Å²) in [5, 5.41) is 3.44. The summed E-state index contributed by atoms with van der Waals surface area (Å²) in [6, 6.07) is 12.0. The van der Waals surface area contributed by atoms with Crippen molar-refractivity contribution in [1.29, 1.82) is 0 Å². The van der Waals surface area contributed by atoms with Crippen LogP contribution in [-0.2, 0) is 17.9 Å². The fraction of sp³-hybridized carbons (Fsp3) is 0.130. The van der Waals surface area contributed by atoms with Crippen LogP contribution in [0.5, 0.6) is 0 Å². The Bertz CT molecular complexity index is 1530. The van der Waals surface area contributed by atoms with Crippen molar-refractivity contribution in [2.75, 3.05) is 0 Å². The van der Waals surface area contributed by atoms with Gasteiger partial charge in [0, 0.05) is 24.3 Å². The van der Waals surface area contributed by atoms with E-state index in [1.807, 2.05) is 18.2 Å². The van der Waals surface area contributed by atoms with Crippen LogP contribution in [0.1, 0.15) is 11.4 Å². The Balaban J connectivity index is 1.30. The number of hydrogen-bond donors (Lipinski definition) is 1. The van der Waals surface area contributed by atoms with Gasteiger partial charge in [0.1, 0.15) is 29.3 Å². The molecule has 0 aliphatic carbocycles. The van der Waals surface area contributed by atoms with E-state index in [4.69, 9.17) is 4.42 Å². The first-order chi connectivity index (χ1) is 15.5. The van der Waals surface area contributed by atoms with E-state index in [1.165, 1.54) is 17.0 Å². The maximum atomic E-state index is 14.5. The summed E-state index contributed by atoms with van der Waals surface area (Å²) in [5.41, 5.74) is 1.67. The zero-order chi connectivity index (χ0) is 22.2. The van der Waals surface area contributed by atoms with Crippen LogP contribution in [-0.4, -0.2) is 25.0 Å². The van der Waals surface area contributed by atoms with E-state index in [0.717, 1.165) is 5.39 Å². The molecule has 5 aromatic rings. The molecule has 1 amide bonds. The number of carbonyl (C=O) groups excluding carboxylic acids is 1. The first-order valence-electron chi connectivity index (χ1n) is 9.93. The number of furan rings is 1. The molecular formula is C23H18FN5O3. The highest BCUT2D eigenvalue weighted by Gasteiger charge is 2.15. The minimum atomic E-state index is -0.438. The van der Waals surface area contributed by atoms with Crippen molar-refractivity contribution in [3.8, 4) is 5.69 Å². The Hall–Kier alpha value is -4.27. The average molecular weight is 431 g/mol. The maximum Gasteiger partial charge on any atom is 0.297 e. The van der Waals surface area contributed by atoms with Crippen LogP contribution in [0.3, 0.4) is 0 Å². The number of rotatable bonds is 5.